The Hall–Kier alpha value is -3.13. The summed E-state index contributed by atoms with van der Waals surface area (Å²) in [5, 5.41) is 4.03. The van der Waals surface area contributed by atoms with Crippen molar-refractivity contribution in [3.63, 3.8) is 0 Å². The van der Waals surface area contributed by atoms with Crippen molar-refractivity contribution in [1.29, 1.82) is 0 Å². The number of carbonyl (C=O) groups excluding carboxylic acids is 2. The van der Waals surface area contributed by atoms with E-state index in [2.05, 4.69) is 15.2 Å². The molecule has 0 atom stereocenters. The van der Waals surface area contributed by atoms with Crippen LogP contribution in [0.25, 0.3) is 11.1 Å². The number of hydrogen-bond acceptors (Lipinski definition) is 5. The fraction of sp³-hybridized carbons (Fsp3) is 0.387. The number of aryl methyl sites for hydroxylation is 1. The number of amides is 2. The molecule has 0 spiro atoms. The van der Waals surface area contributed by atoms with Crippen molar-refractivity contribution >= 4 is 35.0 Å². The molecule has 1 aromatic heterocycles. The van der Waals surface area contributed by atoms with Gasteiger partial charge in [0.15, 0.2) is 0 Å². The summed E-state index contributed by atoms with van der Waals surface area (Å²) in [6, 6.07) is 15.0. The Balaban J connectivity index is 1.12. The molecule has 40 heavy (non-hydrogen) atoms. The number of rotatable bonds is 11. The first-order valence-electron chi connectivity index (χ1n) is 13.9. The van der Waals surface area contributed by atoms with E-state index in [4.69, 9.17) is 27.9 Å². The summed E-state index contributed by atoms with van der Waals surface area (Å²) in [7, 11) is 0. The van der Waals surface area contributed by atoms with Gasteiger partial charge in [-0.15, -0.1) is 0 Å². The van der Waals surface area contributed by atoms with Gasteiger partial charge in [-0.2, -0.15) is 0 Å². The Morgan fingerprint density at radius 1 is 1.00 bits per heavy atom. The van der Waals surface area contributed by atoms with E-state index in [9.17, 15) is 9.59 Å². The van der Waals surface area contributed by atoms with E-state index in [1.54, 1.807) is 29.4 Å². The molecule has 3 heterocycles. The smallest absolute Gasteiger partial charge is 0.252 e. The number of benzene rings is 2. The fourth-order valence-electron chi connectivity index (χ4n) is 5.13. The molecule has 0 aliphatic carbocycles. The van der Waals surface area contributed by atoms with Crippen LogP contribution in [-0.4, -0.2) is 72.0 Å². The zero-order chi connectivity index (χ0) is 27.9. The molecular formula is C31H34Cl2N4O3. The van der Waals surface area contributed by atoms with Crippen LogP contribution < -0.4 is 10.1 Å². The summed E-state index contributed by atoms with van der Waals surface area (Å²) in [6.45, 7) is 5.06. The zero-order valence-corrected chi connectivity index (χ0v) is 24.0. The van der Waals surface area contributed by atoms with Gasteiger partial charge in [-0.1, -0.05) is 47.5 Å². The first-order valence-corrected chi connectivity index (χ1v) is 14.7. The number of aromatic nitrogens is 1. The van der Waals surface area contributed by atoms with Crippen molar-refractivity contribution in [2.75, 3.05) is 39.3 Å². The lowest BCUT2D eigenvalue weighted by molar-refractivity contribution is -0.139. The first-order chi connectivity index (χ1) is 19.5. The van der Waals surface area contributed by atoms with E-state index in [0.29, 0.717) is 53.8 Å². The number of halogens is 2. The van der Waals surface area contributed by atoms with Gasteiger partial charge in [0.1, 0.15) is 11.9 Å². The van der Waals surface area contributed by atoms with Crippen LogP contribution in [0.15, 0.2) is 60.9 Å². The average molecular weight is 582 g/mol. The van der Waals surface area contributed by atoms with Crippen LogP contribution >= 0.6 is 23.2 Å². The molecule has 3 aromatic rings. The Morgan fingerprint density at radius 2 is 1.80 bits per heavy atom. The average Bonchev–Trinajstić information content (AvgIpc) is 3.47. The number of ether oxygens (including phenoxy) is 1. The third-order valence-corrected chi connectivity index (χ3v) is 8.18. The summed E-state index contributed by atoms with van der Waals surface area (Å²) in [6.07, 6.45) is 7.73. The van der Waals surface area contributed by atoms with E-state index in [0.717, 1.165) is 42.7 Å². The van der Waals surface area contributed by atoms with E-state index in [1.165, 1.54) is 12.8 Å². The van der Waals surface area contributed by atoms with Crippen molar-refractivity contribution in [2.24, 2.45) is 0 Å². The number of likely N-dealkylation sites (tertiary alicyclic amines) is 2. The lowest BCUT2D eigenvalue weighted by Gasteiger charge is -2.39. The summed E-state index contributed by atoms with van der Waals surface area (Å²) >= 11 is 12.1. The second-order valence-corrected chi connectivity index (χ2v) is 11.2. The molecular weight excluding hydrogens is 547 g/mol. The Kier molecular flexibility index (Phi) is 9.57. The molecule has 0 bridgehead atoms. The van der Waals surface area contributed by atoms with Crippen LogP contribution in [0.3, 0.4) is 0 Å². The Labute approximate surface area is 245 Å². The monoisotopic (exact) mass is 580 g/mol. The van der Waals surface area contributed by atoms with Crippen molar-refractivity contribution in [1.82, 2.24) is 20.1 Å². The molecule has 7 nitrogen and oxygen atoms in total. The number of hydrogen-bond donors (Lipinski definition) is 1. The van der Waals surface area contributed by atoms with Gasteiger partial charge in [-0.3, -0.25) is 14.6 Å². The van der Waals surface area contributed by atoms with Gasteiger partial charge in [0.2, 0.25) is 5.91 Å². The number of carbonyl (C=O) groups is 2. The van der Waals surface area contributed by atoms with E-state index >= 15 is 0 Å². The molecule has 1 N–H and O–H groups in total. The van der Waals surface area contributed by atoms with Crippen LogP contribution in [-0.2, 0) is 11.2 Å². The Bertz CT molecular complexity index is 1340. The largest absolute Gasteiger partial charge is 0.486 e. The normalized spacial score (nSPS) is 15.6. The highest BCUT2D eigenvalue weighted by Gasteiger charge is 2.32. The van der Waals surface area contributed by atoms with Crippen molar-refractivity contribution < 1.29 is 14.3 Å². The van der Waals surface area contributed by atoms with Gasteiger partial charge in [-0.05, 0) is 75.1 Å². The Morgan fingerprint density at radius 3 is 2.60 bits per heavy atom. The number of nitrogens with one attached hydrogen (secondary N) is 1. The molecule has 210 valence electrons. The maximum Gasteiger partial charge on any atom is 0.252 e. The minimum absolute atomic E-state index is 0.0857. The fourth-order valence-corrected chi connectivity index (χ4v) is 5.45. The SMILES string of the molecule is O=C(NCCCN1CCCC1)c1cncc(-c2ccccc2OC2CN(C(=O)CCc3ccc(Cl)c(Cl)c3)C2)c1. The second kappa shape index (κ2) is 13.5. The predicted molar refractivity (Wildman–Crippen MR) is 158 cm³/mol. The molecule has 5 rings (SSSR count). The van der Waals surface area contributed by atoms with E-state index < -0.39 is 0 Å². The van der Waals surface area contributed by atoms with Gasteiger partial charge < -0.3 is 19.9 Å². The topological polar surface area (TPSA) is 74.8 Å². The quantitative estimate of drug-likeness (QED) is 0.303. The minimum atomic E-state index is -0.122. The van der Waals surface area contributed by atoms with Crippen LogP contribution in [0.2, 0.25) is 10.0 Å². The summed E-state index contributed by atoms with van der Waals surface area (Å²) < 4.78 is 6.28. The third-order valence-electron chi connectivity index (χ3n) is 7.44. The molecule has 2 aliphatic heterocycles. The van der Waals surface area contributed by atoms with E-state index in [1.807, 2.05) is 36.4 Å². The number of para-hydroxylation sites is 1. The van der Waals surface area contributed by atoms with Gasteiger partial charge in [0.05, 0.1) is 28.7 Å². The predicted octanol–water partition coefficient (Wildman–Crippen LogP) is 5.49. The number of pyridine rings is 1. The molecule has 2 fully saturated rings. The molecule has 2 amide bonds. The molecule has 0 unspecified atom stereocenters. The lowest BCUT2D eigenvalue weighted by Crippen LogP contribution is -2.56. The van der Waals surface area contributed by atoms with E-state index in [-0.39, 0.29) is 17.9 Å². The highest BCUT2D eigenvalue weighted by Crippen LogP contribution is 2.32. The molecule has 2 aromatic carbocycles. The highest BCUT2D eigenvalue weighted by molar-refractivity contribution is 6.42. The lowest BCUT2D eigenvalue weighted by atomic mass is 10.0. The van der Waals surface area contributed by atoms with Crippen LogP contribution in [0.4, 0.5) is 0 Å². The third kappa shape index (κ3) is 7.33. The van der Waals surface area contributed by atoms with Gasteiger partial charge >= 0.3 is 0 Å². The molecule has 2 saturated heterocycles. The molecule has 0 saturated carbocycles. The molecule has 9 heteroatoms. The summed E-state index contributed by atoms with van der Waals surface area (Å²) in [5.74, 6) is 0.672. The maximum atomic E-state index is 12.8. The summed E-state index contributed by atoms with van der Waals surface area (Å²) in [5.41, 5.74) is 3.18. The highest BCUT2D eigenvalue weighted by atomic mass is 35.5. The summed E-state index contributed by atoms with van der Waals surface area (Å²) in [4.78, 5) is 34.0. The van der Waals surface area contributed by atoms with Gasteiger partial charge in [0, 0.05) is 36.5 Å². The van der Waals surface area contributed by atoms with Crippen molar-refractivity contribution in [3.05, 3.63) is 82.1 Å². The second-order valence-electron chi connectivity index (χ2n) is 10.4. The zero-order valence-electron chi connectivity index (χ0n) is 22.5. The van der Waals surface area contributed by atoms with Crippen LogP contribution in [0, 0.1) is 0 Å². The standard InChI is InChI=1S/C31H34Cl2N4O3/c32-27-10-8-22(16-28(27)33)9-11-30(38)37-20-25(21-37)40-29-7-2-1-6-26(29)23-17-24(19-34-18-23)31(39)35-12-5-15-36-13-3-4-14-36/h1-2,6-8,10,16-19,25H,3-5,9,11-15,20-21H2,(H,35,39). The minimum Gasteiger partial charge on any atom is -0.486 e. The molecule has 0 radical (unpaired) electrons. The first kappa shape index (κ1) is 28.4. The van der Waals surface area contributed by atoms with Gasteiger partial charge in [0.25, 0.3) is 5.91 Å². The van der Waals surface area contributed by atoms with Crippen LogP contribution in [0.5, 0.6) is 5.75 Å². The van der Waals surface area contributed by atoms with Crippen molar-refractivity contribution in [2.45, 2.75) is 38.2 Å². The van der Waals surface area contributed by atoms with Gasteiger partial charge in [-0.25, -0.2) is 0 Å². The number of nitrogens with zero attached hydrogens (tertiary/aromatic N) is 3. The maximum absolute atomic E-state index is 12.8. The van der Waals surface area contributed by atoms with Crippen LogP contribution in [0.1, 0.15) is 41.6 Å². The van der Waals surface area contributed by atoms with Crippen molar-refractivity contribution in [3.8, 4) is 16.9 Å². The molecule has 2 aliphatic rings.